The van der Waals surface area contributed by atoms with E-state index < -0.39 is 12.1 Å². The molecule has 1 aromatic carbocycles. The van der Waals surface area contributed by atoms with E-state index in [2.05, 4.69) is 5.16 Å². The minimum atomic E-state index is -1.01. The van der Waals surface area contributed by atoms with Crippen LogP contribution < -0.4 is 4.74 Å². The number of benzene rings is 1. The van der Waals surface area contributed by atoms with Crippen molar-refractivity contribution in [2.45, 2.75) is 19.4 Å². The van der Waals surface area contributed by atoms with Crippen molar-refractivity contribution in [3.05, 3.63) is 35.6 Å². The number of ether oxygens (including phenoxy) is 1. The Kier molecular flexibility index (Phi) is 4.06. The van der Waals surface area contributed by atoms with Crippen molar-refractivity contribution >= 4 is 17.6 Å². The minimum absolute atomic E-state index is 0.357. The number of aliphatic carboxylic acids is 1. The first kappa shape index (κ1) is 13.4. The van der Waals surface area contributed by atoms with Crippen molar-refractivity contribution in [2.75, 3.05) is 0 Å². The molecule has 0 spiro atoms. The molecule has 1 atom stereocenters. The van der Waals surface area contributed by atoms with Crippen LogP contribution >= 0.6 is 11.6 Å². The lowest BCUT2D eigenvalue weighted by Crippen LogP contribution is -2.26. The molecule has 0 unspecified atom stereocenters. The second-order valence-electron chi connectivity index (χ2n) is 3.88. The fraction of sp³-hybridized carbons (Fsp3) is 0.231. The molecule has 19 heavy (non-hydrogen) atoms. The molecule has 100 valence electrons. The predicted octanol–water partition coefficient (Wildman–Crippen LogP) is 3.24. The lowest BCUT2D eigenvalue weighted by Gasteiger charge is -2.15. The molecule has 1 aromatic heterocycles. The molecule has 0 fully saturated rings. The highest BCUT2D eigenvalue weighted by Crippen LogP contribution is 2.32. The van der Waals surface area contributed by atoms with Crippen LogP contribution in [0.1, 0.15) is 13.3 Å². The van der Waals surface area contributed by atoms with E-state index in [1.54, 1.807) is 31.2 Å². The Morgan fingerprint density at radius 2 is 2.32 bits per heavy atom. The number of nitrogens with zero attached hydrogens (tertiary/aromatic N) is 1. The topological polar surface area (TPSA) is 72.6 Å². The summed E-state index contributed by atoms with van der Waals surface area (Å²) < 4.78 is 10.3. The molecular weight excluding hydrogens is 270 g/mol. The van der Waals surface area contributed by atoms with Crippen LogP contribution in [0.3, 0.4) is 0 Å². The predicted molar refractivity (Wildman–Crippen MR) is 69.3 cm³/mol. The summed E-state index contributed by atoms with van der Waals surface area (Å²) in [6, 6.07) is 6.57. The van der Waals surface area contributed by atoms with Crippen molar-refractivity contribution in [1.82, 2.24) is 5.16 Å². The molecule has 0 amide bonds. The van der Waals surface area contributed by atoms with Gasteiger partial charge in [0.25, 0.3) is 0 Å². The third kappa shape index (κ3) is 3.06. The summed E-state index contributed by atoms with van der Waals surface area (Å²) in [5.74, 6) is -0.601. The molecule has 1 heterocycles. The lowest BCUT2D eigenvalue weighted by molar-refractivity contribution is -0.145. The number of aromatic nitrogens is 1. The Morgan fingerprint density at radius 1 is 1.53 bits per heavy atom. The molecule has 0 saturated carbocycles. The standard InChI is InChI=1S/C13H12ClNO4/c1-2-11(13(16)17)19-12-4-3-8(14)7-9(12)10-5-6-18-15-10/h3-7,11H,2H2,1H3,(H,16,17)/t11-/m0/s1. The van der Waals surface area contributed by atoms with Crippen molar-refractivity contribution < 1.29 is 19.2 Å². The number of carboxylic acids is 1. The molecule has 0 saturated heterocycles. The van der Waals surface area contributed by atoms with Gasteiger partial charge in [-0.05, 0) is 24.6 Å². The highest BCUT2D eigenvalue weighted by Gasteiger charge is 2.19. The van der Waals surface area contributed by atoms with Crippen molar-refractivity contribution in [1.29, 1.82) is 0 Å². The van der Waals surface area contributed by atoms with E-state index in [1.807, 2.05) is 0 Å². The van der Waals surface area contributed by atoms with E-state index in [1.165, 1.54) is 6.26 Å². The summed E-state index contributed by atoms with van der Waals surface area (Å²) >= 11 is 5.94. The molecule has 0 aliphatic rings. The van der Waals surface area contributed by atoms with Gasteiger partial charge in [-0.15, -0.1) is 0 Å². The van der Waals surface area contributed by atoms with Crippen LogP contribution in [0.5, 0.6) is 5.75 Å². The maximum Gasteiger partial charge on any atom is 0.344 e. The summed E-state index contributed by atoms with van der Waals surface area (Å²) in [5.41, 5.74) is 1.14. The highest BCUT2D eigenvalue weighted by atomic mass is 35.5. The minimum Gasteiger partial charge on any atom is -0.479 e. The van der Waals surface area contributed by atoms with Gasteiger partial charge in [-0.1, -0.05) is 23.7 Å². The Bertz CT molecular complexity index is 568. The van der Waals surface area contributed by atoms with E-state index in [9.17, 15) is 4.79 Å². The van der Waals surface area contributed by atoms with Crippen LogP contribution in [-0.2, 0) is 4.79 Å². The quantitative estimate of drug-likeness (QED) is 0.911. The lowest BCUT2D eigenvalue weighted by atomic mass is 10.1. The fourth-order valence-corrected chi connectivity index (χ4v) is 1.79. The Morgan fingerprint density at radius 3 is 2.89 bits per heavy atom. The molecule has 2 rings (SSSR count). The van der Waals surface area contributed by atoms with Crippen LogP contribution in [0.4, 0.5) is 0 Å². The summed E-state index contributed by atoms with van der Waals surface area (Å²) in [5, 5.41) is 13.3. The van der Waals surface area contributed by atoms with Gasteiger partial charge in [0.15, 0.2) is 6.10 Å². The molecule has 6 heteroatoms. The summed E-state index contributed by atoms with van der Waals surface area (Å²) in [7, 11) is 0. The summed E-state index contributed by atoms with van der Waals surface area (Å²) in [6.45, 7) is 1.74. The van der Waals surface area contributed by atoms with Crippen molar-refractivity contribution in [3.63, 3.8) is 0 Å². The first-order valence-electron chi connectivity index (χ1n) is 5.71. The average Bonchev–Trinajstić information content (AvgIpc) is 2.90. The van der Waals surface area contributed by atoms with Crippen LogP contribution in [0.2, 0.25) is 5.02 Å². The van der Waals surface area contributed by atoms with Crippen molar-refractivity contribution in [3.8, 4) is 17.0 Å². The van der Waals surface area contributed by atoms with E-state index in [-0.39, 0.29) is 0 Å². The molecule has 0 aliphatic heterocycles. The molecular formula is C13H12ClNO4. The highest BCUT2D eigenvalue weighted by molar-refractivity contribution is 6.30. The van der Waals surface area contributed by atoms with Gasteiger partial charge in [0.1, 0.15) is 17.7 Å². The first-order chi connectivity index (χ1) is 9.11. The Hall–Kier alpha value is -2.01. The number of carbonyl (C=O) groups is 1. The maximum absolute atomic E-state index is 11.0. The number of carboxylic acid groups (broad SMARTS) is 1. The molecule has 1 N–H and O–H groups in total. The smallest absolute Gasteiger partial charge is 0.344 e. The monoisotopic (exact) mass is 281 g/mol. The molecule has 0 radical (unpaired) electrons. The van der Waals surface area contributed by atoms with Crippen LogP contribution in [0, 0.1) is 0 Å². The molecule has 0 bridgehead atoms. The van der Waals surface area contributed by atoms with Gasteiger partial charge in [0, 0.05) is 16.7 Å². The van der Waals surface area contributed by atoms with Gasteiger partial charge in [0.2, 0.25) is 0 Å². The van der Waals surface area contributed by atoms with Gasteiger partial charge in [-0.3, -0.25) is 0 Å². The third-order valence-corrected chi connectivity index (χ3v) is 2.81. The van der Waals surface area contributed by atoms with Crippen molar-refractivity contribution in [2.24, 2.45) is 0 Å². The van der Waals surface area contributed by atoms with Gasteiger partial charge >= 0.3 is 5.97 Å². The van der Waals surface area contributed by atoms with E-state index >= 15 is 0 Å². The van der Waals surface area contributed by atoms with Crippen LogP contribution in [0.15, 0.2) is 35.1 Å². The van der Waals surface area contributed by atoms with E-state index in [0.717, 1.165) is 0 Å². The molecule has 5 nitrogen and oxygen atoms in total. The second kappa shape index (κ2) is 5.75. The molecule has 2 aromatic rings. The van der Waals surface area contributed by atoms with E-state index in [0.29, 0.717) is 28.5 Å². The summed E-state index contributed by atoms with van der Waals surface area (Å²) in [6.07, 6.45) is 0.872. The zero-order valence-corrected chi connectivity index (χ0v) is 10.9. The number of hydrogen-bond acceptors (Lipinski definition) is 4. The Labute approximate surface area is 114 Å². The van der Waals surface area contributed by atoms with Crippen LogP contribution in [-0.4, -0.2) is 22.3 Å². The number of hydrogen-bond donors (Lipinski definition) is 1. The number of halogens is 1. The van der Waals surface area contributed by atoms with Gasteiger partial charge in [-0.2, -0.15) is 0 Å². The summed E-state index contributed by atoms with van der Waals surface area (Å²) in [4.78, 5) is 11.0. The zero-order chi connectivity index (χ0) is 13.8. The van der Waals surface area contributed by atoms with Gasteiger partial charge in [-0.25, -0.2) is 4.79 Å². The maximum atomic E-state index is 11.0. The SMILES string of the molecule is CC[C@H](Oc1ccc(Cl)cc1-c1ccon1)C(=O)O. The number of rotatable bonds is 5. The fourth-order valence-electron chi connectivity index (χ4n) is 1.62. The average molecular weight is 282 g/mol. The second-order valence-corrected chi connectivity index (χ2v) is 4.31. The normalized spacial score (nSPS) is 12.1. The Balaban J connectivity index is 2.37. The van der Waals surface area contributed by atoms with Crippen LogP contribution in [0.25, 0.3) is 11.3 Å². The largest absolute Gasteiger partial charge is 0.479 e. The van der Waals surface area contributed by atoms with Gasteiger partial charge < -0.3 is 14.4 Å². The van der Waals surface area contributed by atoms with Gasteiger partial charge in [0.05, 0.1) is 0 Å². The zero-order valence-electron chi connectivity index (χ0n) is 10.2. The third-order valence-electron chi connectivity index (χ3n) is 2.57. The van der Waals surface area contributed by atoms with E-state index in [4.69, 9.17) is 26.0 Å². The molecule has 0 aliphatic carbocycles. The first-order valence-corrected chi connectivity index (χ1v) is 6.09.